The molecule has 1 atom stereocenters. The normalized spacial score (nSPS) is 11.5. The van der Waals surface area contributed by atoms with Gasteiger partial charge in [0.05, 0.1) is 27.4 Å². The van der Waals surface area contributed by atoms with Gasteiger partial charge in [0, 0.05) is 12.2 Å². The Bertz CT molecular complexity index is 414. The molecule has 0 aliphatic carbocycles. The van der Waals surface area contributed by atoms with E-state index in [1.54, 1.807) is 12.1 Å². The van der Waals surface area contributed by atoms with E-state index < -0.39 is 6.10 Å². The van der Waals surface area contributed by atoms with Crippen LogP contribution in [0.5, 0.6) is 17.2 Å². The Morgan fingerprint density at radius 3 is 2.00 bits per heavy atom. The molecule has 5 nitrogen and oxygen atoms in total. The van der Waals surface area contributed by atoms with Crippen LogP contribution in [-0.2, 0) is 4.74 Å². The SMILES string of the molecule is CCOC(C#N)c1cc(OC)c(OC)c(OC)c1. The maximum atomic E-state index is 9.08. The molecule has 0 radical (unpaired) electrons. The molecule has 0 saturated carbocycles. The van der Waals surface area contributed by atoms with E-state index in [1.807, 2.05) is 6.92 Å². The lowest BCUT2D eigenvalue weighted by Crippen LogP contribution is -2.04. The maximum absolute atomic E-state index is 9.08. The molecular formula is C13H17NO4. The van der Waals surface area contributed by atoms with Gasteiger partial charge < -0.3 is 18.9 Å². The van der Waals surface area contributed by atoms with Crippen molar-refractivity contribution in [2.24, 2.45) is 0 Å². The standard InChI is InChI=1S/C13H17NO4/c1-5-18-12(8-14)9-6-10(15-2)13(17-4)11(7-9)16-3/h6-7,12H,5H2,1-4H3. The van der Waals surface area contributed by atoms with Crippen molar-refractivity contribution in [2.75, 3.05) is 27.9 Å². The fraction of sp³-hybridized carbons (Fsp3) is 0.462. The molecule has 0 aliphatic rings. The van der Waals surface area contributed by atoms with Gasteiger partial charge in [-0.2, -0.15) is 5.26 Å². The number of benzene rings is 1. The summed E-state index contributed by atoms with van der Waals surface area (Å²) in [7, 11) is 4.59. The summed E-state index contributed by atoms with van der Waals surface area (Å²) in [4.78, 5) is 0. The minimum Gasteiger partial charge on any atom is -0.493 e. The fourth-order valence-electron chi connectivity index (χ4n) is 1.63. The van der Waals surface area contributed by atoms with Gasteiger partial charge in [-0.3, -0.25) is 0 Å². The van der Waals surface area contributed by atoms with Gasteiger partial charge >= 0.3 is 0 Å². The van der Waals surface area contributed by atoms with Crippen molar-refractivity contribution in [3.05, 3.63) is 17.7 Å². The zero-order valence-corrected chi connectivity index (χ0v) is 11.0. The van der Waals surface area contributed by atoms with E-state index in [9.17, 15) is 0 Å². The highest BCUT2D eigenvalue weighted by Crippen LogP contribution is 2.40. The zero-order chi connectivity index (χ0) is 13.5. The summed E-state index contributed by atoms with van der Waals surface area (Å²) >= 11 is 0. The van der Waals surface area contributed by atoms with Crippen LogP contribution in [0.1, 0.15) is 18.6 Å². The Morgan fingerprint density at radius 1 is 1.11 bits per heavy atom. The summed E-state index contributed by atoms with van der Waals surface area (Å²) in [6.07, 6.45) is -0.649. The molecule has 0 aromatic heterocycles. The molecule has 18 heavy (non-hydrogen) atoms. The number of nitrogens with zero attached hydrogens (tertiary/aromatic N) is 1. The van der Waals surface area contributed by atoms with Crippen molar-refractivity contribution in [1.82, 2.24) is 0 Å². The molecule has 0 aliphatic heterocycles. The molecule has 0 amide bonds. The van der Waals surface area contributed by atoms with E-state index in [1.165, 1.54) is 21.3 Å². The van der Waals surface area contributed by atoms with Crippen molar-refractivity contribution >= 4 is 0 Å². The van der Waals surface area contributed by atoms with Crippen LogP contribution in [0.2, 0.25) is 0 Å². The molecule has 0 spiro atoms. The highest BCUT2D eigenvalue weighted by atomic mass is 16.5. The first-order valence-electron chi connectivity index (χ1n) is 5.52. The number of nitriles is 1. The van der Waals surface area contributed by atoms with E-state index in [-0.39, 0.29) is 0 Å². The lowest BCUT2D eigenvalue weighted by Gasteiger charge is -2.16. The molecular weight excluding hydrogens is 234 g/mol. The molecule has 0 bridgehead atoms. The van der Waals surface area contributed by atoms with Gasteiger partial charge in [-0.15, -0.1) is 0 Å². The molecule has 0 fully saturated rings. The Hall–Kier alpha value is -1.93. The zero-order valence-electron chi connectivity index (χ0n) is 11.0. The van der Waals surface area contributed by atoms with Crippen LogP contribution in [-0.4, -0.2) is 27.9 Å². The van der Waals surface area contributed by atoms with Crippen molar-refractivity contribution < 1.29 is 18.9 Å². The van der Waals surface area contributed by atoms with E-state index in [4.69, 9.17) is 24.2 Å². The lowest BCUT2D eigenvalue weighted by molar-refractivity contribution is 0.101. The smallest absolute Gasteiger partial charge is 0.203 e. The molecule has 0 N–H and O–H groups in total. The average Bonchev–Trinajstić information content (AvgIpc) is 2.42. The van der Waals surface area contributed by atoms with Gasteiger partial charge in [0.2, 0.25) is 5.75 Å². The number of hydrogen-bond donors (Lipinski definition) is 0. The van der Waals surface area contributed by atoms with Gasteiger partial charge in [-0.1, -0.05) is 0 Å². The first-order valence-corrected chi connectivity index (χ1v) is 5.52. The van der Waals surface area contributed by atoms with Crippen LogP contribution < -0.4 is 14.2 Å². The first kappa shape index (κ1) is 14.1. The lowest BCUT2D eigenvalue weighted by atomic mass is 10.1. The summed E-state index contributed by atoms with van der Waals surface area (Å²) in [6.45, 7) is 2.29. The molecule has 1 aromatic rings. The summed E-state index contributed by atoms with van der Waals surface area (Å²) in [6, 6.07) is 5.51. The minimum atomic E-state index is -0.649. The molecule has 98 valence electrons. The first-order chi connectivity index (χ1) is 8.71. The largest absolute Gasteiger partial charge is 0.493 e. The summed E-state index contributed by atoms with van der Waals surface area (Å²) in [5.41, 5.74) is 0.675. The highest BCUT2D eigenvalue weighted by molar-refractivity contribution is 5.54. The number of methoxy groups -OCH3 is 3. The second-order valence-electron chi connectivity index (χ2n) is 3.42. The number of ether oxygens (including phenoxy) is 4. The maximum Gasteiger partial charge on any atom is 0.203 e. The van der Waals surface area contributed by atoms with Gasteiger partial charge in [0.15, 0.2) is 17.6 Å². The third-order valence-electron chi connectivity index (χ3n) is 2.44. The van der Waals surface area contributed by atoms with Crippen LogP contribution in [0, 0.1) is 11.3 Å². The molecule has 5 heteroatoms. The van der Waals surface area contributed by atoms with E-state index in [2.05, 4.69) is 6.07 Å². The van der Waals surface area contributed by atoms with Gasteiger partial charge in [-0.25, -0.2) is 0 Å². The number of rotatable bonds is 6. The Kier molecular flexibility index (Phi) is 5.28. The van der Waals surface area contributed by atoms with Crippen LogP contribution in [0.15, 0.2) is 12.1 Å². The summed E-state index contributed by atoms with van der Waals surface area (Å²) in [5.74, 6) is 1.51. The predicted octanol–water partition coefficient (Wildman–Crippen LogP) is 2.31. The molecule has 1 unspecified atom stereocenters. The average molecular weight is 251 g/mol. The summed E-state index contributed by atoms with van der Waals surface area (Å²) in [5, 5.41) is 9.08. The summed E-state index contributed by atoms with van der Waals surface area (Å²) < 4.78 is 21.0. The Morgan fingerprint density at radius 2 is 1.67 bits per heavy atom. The molecule has 1 aromatic carbocycles. The second kappa shape index (κ2) is 6.72. The monoisotopic (exact) mass is 251 g/mol. The van der Waals surface area contributed by atoms with E-state index in [0.29, 0.717) is 29.4 Å². The van der Waals surface area contributed by atoms with Crippen LogP contribution >= 0.6 is 0 Å². The molecule has 0 heterocycles. The topological polar surface area (TPSA) is 60.7 Å². The molecule has 1 rings (SSSR count). The Balaban J connectivity index is 3.26. The van der Waals surface area contributed by atoms with Crippen molar-refractivity contribution in [2.45, 2.75) is 13.0 Å². The van der Waals surface area contributed by atoms with Crippen molar-refractivity contribution in [3.63, 3.8) is 0 Å². The third-order valence-corrected chi connectivity index (χ3v) is 2.44. The highest BCUT2D eigenvalue weighted by Gasteiger charge is 2.18. The van der Waals surface area contributed by atoms with E-state index >= 15 is 0 Å². The third kappa shape index (κ3) is 2.84. The van der Waals surface area contributed by atoms with Crippen LogP contribution in [0.3, 0.4) is 0 Å². The van der Waals surface area contributed by atoms with Gasteiger partial charge in [0.1, 0.15) is 0 Å². The Labute approximate surface area is 107 Å². The van der Waals surface area contributed by atoms with Crippen molar-refractivity contribution in [1.29, 1.82) is 5.26 Å². The predicted molar refractivity (Wildman–Crippen MR) is 66.1 cm³/mol. The van der Waals surface area contributed by atoms with Gasteiger partial charge in [-0.05, 0) is 19.1 Å². The van der Waals surface area contributed by atoms with E-state index in [0.717, 1.165) is 0 Å². The van der Waals surface area contributed by atoms with Gasteiger partial charge in [0.25, 0.3) is 0 Å². The minimum absolute atomic E-state index is 0.453. The molecule has 0 saturated heterocycles. The van der Waals surface area contributed by atoms with Crippen LogP contribution in [0.4, 0.5) is 0 Å². The number of hydrogen-bond acceptors (Lipinski definition) is 5. The second-order valence-corrected chi connectivity index (χ2v) is 3.42. The van der Waals surface area contributed by atoms with Crippen molar-refractivity contribution in [3.8, 4) is 23.3 Å². The fourth-order valence-corrected chi connectivity index (χ4v) is 1.63. The quantitative estimate of drug-likeness (QED) is 0.776. The van der Waals surface area contributed by atoms with Crippen LogP contribution in [0.25, 0.3) is 0 Å².